The average Bonchev–Trinajstić information content (AvgIpc) is 3.25. The smallest absolute Gasteiger partial charge is 0.0456 e. The van der Waals surface area contributed by atoms with Crippen LogP contribution >= 0.6 is 12.4 Å². The summed E-state index contributed by atoms with van der Waals surface area (Å²) in [6, 6.07) is 8.68. The van der Waals surface area contributed by atoms with Gasteiger partial charge in [0, 0.05) is 23.6 Å². The molecule has 2 nitrogen and oxygen atoms in total. The van der Waals surface area contributed by atoms with Crippen LogP contribution < -0.4 is 0 Å². The molecule has 2 aromatic rings. The summed E-state index contributed by atoms with van der Waals surface area (Å²) < 4.78 is 0. The normalized spacial score (nSPS) is 20.2. The Morgan fingerprint density at radius 3 is 2.55 bits per heavy atom. The number of hydrogen-bond donors (Lipinski definition) is 1. The van der Waals surface area contributed by atoms with Crippen LogP contribution in [-0.2, 0) is 6.42 Å². The standard InChI is InChI=1S/C19H26N2.ClH/c1-2-4-19-18(3-1)17(13-20-19)8-7-15-9-11-21(12-10-15)14-16-5-6-16;/h1-4,13,15-16,20H,5-12,14H2;1H. The van der Waals surface area contributed by atoms with Crippen molar-refractivity contribution in [1.82, 2.24) is 9.88 Å². The lowest BCUT2D eigenvalue weighted by atomic mass is 9.90. The van der Waals surface area contributed by atoms with Crippen LogP contribution in [0.5, 0.6) is 0 Å². The molecule has 2 fully saturated rings. The van der Waals surface area contributed by atoms with Gasteiger partial charge in [-0.15, -0.1) is 12.4 Å². The summed E-state index contributed by atoms with van der Waals surface area (Å²) in [5, 5.41) is 1.42. The Hall–Kier alpha value is -0.990. The lowest BCUT2D eigenvalue weighted by Crippen LogP contribution is -2.35. The van der Waals surface area contributed by atoms with Crippen LogP contribution in [0, 0.1) is 11.8 Å². The summed E-state index contributed by atoms with van der Waals surface area (Å²) in [4.78, 5) is 6.11. The van der Waals surface area contributed by atoms with E-state index in [1.807, 2.05) is 0 Å². The van der Waals surface area contributed by atoms with Crippen molar-refractivity contribution in [2.45, 2.75) is 38.5 Å². The number of nitrogens with zero attached hydrogens (tertiary/aromatic N) is 1. The summed E-state index contributed by atoms with van der Waals surface area (Å²) in [7, 11) is 0. The van der Waals surface area contributed by atoms with E-state index in [1.54, 1.807) is 0 Å². The molecule has 0 radical (unpaired) electrons. The average molecular weight is 319 g/mol. The number of H-pyrrole nitrogens is 1. The number of benzene rings is 1. The molecule has 0 bridgehead atoms. The predicted molar refractivity (Wildman–Crippen MR) is 95.8 cm³/mol. The second kappa shape index (κ2) is 7.06. The Balaban J connectivity index is 0.00000144. The first-order valence-electron chi connectivity index (χ1n) is 8.66. The summed E-state index contributed by atoms with van der Waals surface area (Å²) in [6.07, 6.45) is 10.6. The topological polar surface area (TPSA) is 19.0 Å². The van der Waals surface area contributed by atoms with E-state index >= 15 is 0 Å². The van der Waals surface area contributed by atoms with Gasteiger partial charge in [-0.3, -0.25) is 0 Å². The van der Waals surface area contributed by atoms with Crippen LogP contribution in [0.25, 0.3) is 10.9 Å². The highest BCUT2D eigenvalue weighted by Gasteiger charge is 2.26. The Bertz CT molecular complexity index is 594. The molecule has 2 heterocycles. The van der Waals surface area contributed by atoms with Gasteiger partial charge in [0.15, 0.2) is 0 Å². The van der Waals surface area contributed by atoms with Crippen molar-refractivity contribution in [2.75, 3.05) is 19.6 Å². The molecular formula is C19H27ClN2. The minimum atomic E-state index is 0. The number of piperidine rings is 1. The Morgan fingerprint density at radius 2 is 1.77 bits per heavy atom. The van der Waals surface area contributed by atoms with E-state index in [4.69, 9.17) is 0 Å². The Morgan fingerprint density at radius 1 is 1.00 bits per heavy atom. The molecule has 1 saturated carbocycles. The monoisotopic (exact) mass is 318 g/mol. The molecule has 3 heteroatoms. The Labute approximate surface area is 139 Å². The third-order valence-corrected chi connectivity index (χ3v) is 5.42. The van der Waals surface area contributed by atoms with Crippen LogP contribution in [0.1, 0.15) is 37.7 Å². The minimum Gasteiger partial charge on any atom is -0.361 e. The fraction of sp³-hybridized carbons (Fsp3) is 0.579. The molecule has 120 valence electrons. The fourth-order valence-electron chi connectivity index (χ4n) is 3.82. The highest BCUT2D eigenvalue weighted by Crippen LogP contribution is 2.32. The summed E-state index contributed by atoms with van der Waals surface area (Å²) in [6.45, 7) is 4.07. The zero-order chi connectivity index (χ0) is 14.1. The number of halogens is 1. The first-order valence-corrected chi connectivity index (χ1v) is 8.66. The number of rotatable bonds is 5. The van der Waals surface area contributed by atoms with E-state index in [2.05, 4.69) is 40.3 Å². The van der Waals surface area contributed by atoms with Crippen LogP contribution in [0.2, 0.25) is 0 Å². The van der Waals surface area contributed by atoms with E-state index in [-0.39, 0.29) is 12.4 Å². The van der Waals surface area contributed by atoms with Gasteiger partial charge in [0.05, 0.1) is 0 Å². The lowest BCUT2D eigenvalue weighted by molar-refractivity contribution is 0.173. The van der Waals surface area contributed by atoms with Crippen LogP contribution in [0.15, 0.2) is 30.5 Å². The molecule has 2 aliphatic rings. The summed E-state index contributed by atoms with van der Waals surface area (Å²) in [5.41, 5.74) is 2.79. The number of likely N-dealkylation sites (tertiary alicyclic amines) is 1. The van der Waals surface area contributed by atoms with E-state index in [0.717, 1.165) is 11.8 Å². The molecule has 1 aromatic carbocycles. The molecule has 1 aromatic heterocycles. The van der Waals surface area contributed by atoms with E-state index in [1.165, 1.54) is 74.6 Å². The first kappa shape index (κ1) is 15.9. The van der Waals surface area contributed by atoms with Gasteiger partial charge < -0.3 is 9.88 Å². The number of hydrogen-bond acceptors (Lipinski definition) is 1. The quantitative estimate of drug-likeness (QED) is 0.850. The third kappa shape index (κ3) is 3.67. The molecule has 22 heavy (non-hydrogen) atoms. The fourth-order valence-corrected chi connectivity index (χ4v) is 3.82. The molecule has 1 N–H and O–H groups in total. The van der Waals surface area contributed by atoms with E-state index in [9.17, 15) is 0 Å². The van der Waals surface area contributed by atoms with Gasteiger partial charge in [-0.25, -0.2) is 0 Å². The third-order valence-electron chi connectivity index (χ3n) is 5.42. The number of nitrogens with one attached hydrogen (secondary N) is 1. The molecule has 0 amide bonds. The number of fused-ring (bicyclic) bond motifs is 1. The Kier molecular flexibility index (Phi) is 5.10. The maximum absolute atomic E-state index is 3.40. The minimum absolute atomic E-state index is 0. The van der Waals surface area contributed by atoms with Gasteiger partial charge in [0.25, 0.3) is 0 Å². The van der Waals surface area contributed by atoms with Gasteiger partial charge in [0.1, 0.15) is 0 Å². The van der Waals surface area contributed by atoms with Gasteiger partial charge in [-0.05, 0) is 75.1 Å². The van der Waals surface area contributed by atoms with Gasteiger partial charge in [-0.2, -0.15) is 0 Å². The number of aromatic amines is 1. The molecule has 1 aliphatic carbocycles. The van der Waals surface area contributed by atoms with Crippen molar-refractivity contribution in [3.63, 3.8) is 0 Å². The highest BCUT2D eigenvalue weighted by molar-refractivity contribution is 5.85. The molecule has 1 saturated heterocycles. The van der Waals surface area contributed by atoms with Crippen molar-refractivity contribution in [3.8, 4) is 0 Å². The van der Waals surface area contributed by atoms with E-state index in [0.29, 0.717) is 0 Å². The number of aromatic nitrogens is 1. The van der Waals surface area contributed by atoms with Crippen molar-refractivity contribution in [1.29, 1.82) is 0 Å². The largest absolute Gasteiger partial charge is 0.361 e. The van der Waals surface area contributed by atoms with Gasteiger partial charge >= 0.3 is 0 Å². The zero-order valence-electron chi connectivity index (χ0n) is 13.3. The SMILES string of the molecule is Cl.c1ccc2c(CCC3CCN(CC4CC4)CC3)c[nH]c2c1. The van der Waals surface area contributed by atoms with Gasteiger partial charge in [0.2, 0.25) is 0 Å². The molecule has 0 atom stereocenters. The van der Waals surface area contributed by atoms with Crippen molar-refractivity contribution in [3.05, 3.63) is 36.0 Å². The maximum Gasteiger partial charge on any atom is 0.0456 e. The van der Waals surface area contributed by atoms with Crippen LogP contribution in [0.3, 0.4) is 0 Å². The van der Waals surface area contributed by atoms with Crippen molar-refractivity contribution >= 4 is 23.3 Å². The predicted octanol–water partition coefficient (Wildman–Crippen LogP) is 4.64. The summed E-state index contributed by atoms with van der Waals surface area (Å²) >= 11 is 0. The maximum atomic E-state index is 3.40. The second-order valence-electron chi connectivity index (χ2n) is 7.09. The zero-order valence-corrected chi connectivity index (χ0v) is 14.1. The highest BCUT2D eigenvalue weighted by atomic mass is 35.5. The molecule has 4 rings (SSSR count). The number of aryl methyl sites for hydroxylation is 1. The lowest BCUT2D eigenvalue weighted by Gasteiger charge is -2.32. The number of para-hydroxylation sites is 1. The second-order valence-corrected chi connectivity index (χ2v) is 7.09. The molecule has 0 spiro atoms. The van der Waals surface area contributed by atoms with E-state index < -0.39 is 0 Å². The van der Waals surface area contributed by atoms with Crippen LogP contribution in [0.4, 0.5) is 0 Å². The molecule has 0 unspecified atom stereocenters. The van der Waals surface area contributed by atoms with Crippen LogP contribution in [-0.4, -0.2) is 29.5 Å². The molecular weight excluding hydrogens is 292 g/mol. The molecule has 1 aliphatic heterocycles. The van der Waals surface area contributed by atoms with Gasteiger partial charge in [-0.1, -0.05) is 18.2 Å². The first-order chi connectivity index (χ1) is 10.4. The summed E-state index contributed by atoms with van der Waals surface area (Å²) in [5.74, 6) is 1.99. The van der Waals surface area contributed by atoms with Crippen molar-refractivity contribution in [2.24, 2.45) is 11.8 Å². The van der Waals surface area contributed by atoms with Crippen molar-refractivity contribution < 1.29 is 0 Å².